The molecule has 0 aliphatic rings. The van der Waals surface area contributed by atoms with Crippen LogP contribution in [0, 0.1) is 0 Å². The summed E-state index contributed by atoms with van der Waals surface area (Å²) in [7, 11) is 0. The van der Waals surface area contributed by atoms with E-state index in [2.05, 4.69) is 12.0 Å². The molecule has 2 aromatic carbocycles. The third kappa shape index (κ3) is 6.70. The Balaban J connectivity index is 1.63. The van der Waals surface area contributed by atoms with E-state index in [1.165, 1.54) is 38.5 Å². The first-order valence-electron chi connectivity index (χ1n) is 11.3. The summed E-state index contributed by atoms with van der Waals surface area (Å²) in [5.41, 5.74) is 2.77. The first-order chi connectivity index (χ1) is 15.2. The van der Waals surface area contributed by atoms with Crippen molar-refractivity contribution >= 4 is 17.6 Å². The summed E-state index contributed by atoms with van der Waals surface area (Å²) in [4.78, 5) is 12.6. The van der Waals surface area contributed by atoms with E-state index in [4.69, 9.17) is 16.3 Å². The summed E-state index contributed by atoms with van der Waals surface area (Å²) < 4.78 is 7.21. The van der Waals surface area contributed by atoms with Gasteiger partial charge >= 0.3 is 5.97 Å². The minimum Gasteiger partial charge on any atom is -0.461 e. The molecule has 3 aromatic rings. The van der Waals surface area contributed by atoms with Gasteiger partial charge in [0.05, 0.1) is 23.0 Å². The molecule has 3 rings (SSSR count). The van der Waals surface area contributed by atoms with E-state index < -0.39 is 5.97 Å². The van der Waals surface area contributed by atoms with Gasteiger partial charge in [-0.2, -0.15) is 5.10 Å². The predicted molar refractivity (Wildman–Crippen MR) is 127 cm³/mol. The summed E-state index contributed by atoms with van der Waals surface area (Å²) in [6.07, 6.45) is 9.65. The number of aromatic nitrogens is 2. The number of ether oxygens (including phenoxy) is 1. The van der Waals surface area contributed by atoms with Crippen LogP contribution in [0.25, 0.3) is 16.9 Å². The molecule has 0 spiro atoms. The lowest BCUT2D eigenvalue weighted by Gasteiger charge is -2.09. The average Bonchev–Trinajstić information content (AvgIpc) is 3.24. The van der Waals surface area contributed by atoms with Gasteiger partial charge in [0.1, 0.15) is 0 Å². The molecule has 0 fully saturated rings. The average molecular weight is 439 g/mol. The SMILES string of the molecule is CCCCCCCCCCOC(=O)c1cc(-c2ccccc2)n(-c2ccccc2Cl)n1. The van der Waals surface area contributed by atoms with Crippen molar-refractivity contribution in [1.82, 2.24) is 9.78 Å². The minimum absolute atomic E-state index is 0.290. The van der Waals surface area contributed by atoms with Crippen LogP contribution in [-0.4, -0.2) is 22.4 Å². The molecule has 0 bridgehead atoms. The normalized spacial score (nSPS) is 10.9. The third-order valence-electron chi connectivity index (χ3n) is 5.30. The summed E-state index contributed by atoms with van der Waals surface area (Å²) in [6, 6.07) is 19.1. The monoisotopic (exact) mass is 438 g/mol. The Morgan fingerprint density at radius 3 is 2.26 bits per heavy atom. The first-order valence-corrected chi connectivity index (χ1v) is 11.7. The predicted octanol–water partition coefficient (Wildman–Crippen LogP) is 7.49. The number of hydrogen-bond donors (Lipinski definition) is 0. The lowest BCUT2D eigenvalue weighted by atomic mass is 10.1. The van der Waals surface area contributed by atoms with Gasteiger partial charge in [-0.15, -0.1) is 0 Å². The van der Waals surface area contributed by atoms with Crippen LogP contribution in [-0.2, 0) is 4.74 Å². The Bertz CT molecular complexity index is 953. The summed E-state index contributed by atoms with van der Waals surface area (Å²) in [5.74, 6) is -0.397. The molecule has 4 nitrogen and oxygen atoms in total. The molecule has 0 aliphatic heterocycles. The smallest absolute Gasteiger partial charge is 0.358 e. The van der Waals surface area contributed by atoms with Crippen molar-refractivity contribution in [2.75, 3.05) is 6.61 Å². The van der Waals surface area contributed by atoms with Gasteiger partial charge in [0.2, 0.25) is 0 Å². The number of carbonyl (C=O) groups is 1. The Morgan fingerprint density at radius 2 is 1.55 bits per heavy atom. The number of esters is 1. The second-order valence-electron chi connectivity index (χ2n) is 7.75. The Labute approximate surface area is 190 Å². The number of carbonyl (C=O) groups excluding carboxylic acids is 1. The molecule has 0 unspecified atom stereocenters. The summed E-state index contributed by atoms with van der Waals surface area (Å²) in [5, 5.41) is 5.10. The van der Waals surface area contributed by atoms with Gasteiger partial charge in [-0.1, -0.05) is 106 Å². The van der Waals surface area contributed by atoms with Crippen LogP contribution in [0.15, 0.2) is 60.7 Å². The van der Waals surface area contributed by atoms with Crippen LogP contribution in [0.2, 0.25) is 5.02 Å². The van der Waals surface area contributed by atoms with E-state index in [0.717, 1.165) is 29.8 Å². The van der Waals surface area contributed by atoms with Crippen molar-refractivity contribution in [2.45, 2.75) is 58.3 Å². The quantitative estimate of drug-likeness (QED) is 0.217. The number of benzene rings is 2. The number of nitrogens with zero attached hydrogens (tertiary/aromatic N) is 2. The molecule has 0 saturated heterocycles. The molecular formula is C26H31ClN2O2. The lowest BCUT2D eigenvalue weighted by Crippen LogP contribution is -2.08. The zero-order chi connectivity index (χ0) is 21.9. The second-order valence-corrected chi connectivity index (χ2v) is 8.16. The highest BCUT2D eigenvalue weighted by atomic mass is 35.5. The number of halogens is 1. The van der Waals surface area contributed by atoms with Gasteiger partial charge in [0.15, 0.2) is 5.69 Å². The molecule has 0 N–H and O–H groups in total. The highest BCUT2D eigenvalue weighted by molar-refractivity contribution is 6.32. The molecule has 0 amide bonds. The fraction of sp³-hybridized carbons (Fsp3) is 0.385. The van der Waals surface area contributed by atoms with Crippen LogP contribution >= 0.6 is 11.6 Å². The molecule has 0 saturated carbocycles. The van der Waals surface area contributed by atoms with Gasteiger partial charge in [0, 0.05) is 5.56 Å². The van der Waals surface area contributed by atoms with Crippen LogP contribution < -0.4 is 0 Å². The number of rotatable bonds is 12. The van der Waals surface area contributed by atoms with Crippen LogP contribution in [0.4, 0.5) is 0 Å². The molecule has 1 heterocycles. The molecule has 164 valence electrons. The van der Waals surface area contributed by atoms with E-state index in [1.54, 1.807) is 10.7 Å². The first kappa shape index (κ1) is 23.1. The molecular weight excluding hydrogens is 408 g/mol. The van der Waals surface area contributed by atoms with Gasteiger partial charge < -0.3 is 4.74 Å². The maximum atomic E-state index is 12.6. The Kier molecular flexibility index (Phi) is 9.16. The Morgan fingerprint density at radius 1 is 0.903 bits per heavy atom. The molecule has 31 heavy (non-hydrogen) atoms. The topological polar surface area (TPSA) is 44.1 Å². The zero-order valence-corrected chi connectivity index (χ0v) is 19.0. The van der Waals surface area contributed by atoms with Crippen LogP contribution in [0.5, 0.6) is 0 Å². The van der Waals surface area contributed by atoms with Crippen molar-refractivity contribution in [2.24, 2.45) is 0 Å². The molecule has 0 aliphatic carbocycles. The van der Waals surface area contributed by atoms with Gasteiger partial charge in [-0.3, -0.25) is 0 Å². The van der Waals surface area contributed by atoms with E-state index in [9.17, 15) is 4.79 Å². The minimum atomic E-state index is -0.397. The van der Waals surface area contributed by atoms with Crippen LogP contribution in [0.3, 0.4) is 0 Å². The van der Waals surface area contributed by atoms with Crippen molar-refractivity contribution in [3.05, 3.63) is 71.4 Å². The summed E-state index contributed by atoms with van der Waals surface area (Å²) >= 11 is 6.40. The standard InChI is InChI=1S/C26H31ClN2O2/c1-2-3-4-5-6-7-8-14-19-31-26(30)23-20-25(21-15-10-9-11-16-21)29(28-23)24-18-13-12-17-22(24)27/h9-13,15-18,20H,2-8,14,19H2,1H3. The fourth-order valence-corrected chi connectivity index (χ4v) is 3.79. The van der Waals surface area contributed by atoms with E-state index in [-0.39, 0.29) is 0 Å². The zero-order valence-electron chi connectivity index (χ0n) is 18.2. The van der Waals surface area contributed by atoms with Crippen molar-refractivity contribution in [3.8, 4) is 16.9 Å². The van der Waals surface area contributed by atoms with Crippen LogP contribution in [0.1, 0.15) is 68.8 Å². The van der Waals surface area contributed by atoms with E-state index in [1.807, 2.05) is 54.6 Å². The van der Waals surface area contributed by atoms with Crippen molar-refractivity contribution in [1.29, 1.82) is 0 Å². The second kappa shape index (κ2) is 12.3. The lowest BCUT2D eigenvalue weighted by molar-refractivity contribution is 0.0490. The molecule has 1 aromatic heterocycles. The third-order valence-corrected chi connectivity index (χ3v) is 5.62. The van der Waals surface area contributed by atoms with Crippen molar-refractivity contribution < 1.29 is 9.53 Å². The molecule has 0 atom stereocenters. The van der Waals surface area contributed by atoms with E-state index >= 15 is 0 Å². The number of unbranched alkanes of at least 4 members (excludes halogenated alkanes) is 7. The number of hydrogen-bond acceptors (Lipinski definition) is 3. The molecule has 0 radical (unpaired) electrons. The van der Waals surface area contributed by atoms with Gasteiger partial charge in [-0.05, 0) is 24.6 Å². The van der Waals surface area contributed by atoms with E-state index in [0.29, 0.717) is 17.3 Å². The maximum absolute atomic E-state index is 12.6. The number of para-hydroxylation sites is 1. The summed E-state index contributed by atoms with van der Waals surface area (Å²) in [6.45, 7) is 2.65. The fourth-order valence-electron chi connectivity index (χ4n) is 3.58. The highest BCUT2D eigenvalue weighted by Crippen LogP contribution is 2.28. The molecule has 5 heteroatoms. The largest absolute Gasteiger partial charge is 0.461 e. The maximum Gasteiger partial charge on any atom is 0.358 e. The van der Waals surface area contributed by atoms with Gasteiger partial charge in [0.25, 0.3) is 0 Å². The van der Waals surface area contributed by atoms with Crippen molar-refractivity contribution in [3.63, 3.8) is 0 Å². The van der Waals surface area contributed by atoms with Gasteiger partial charge in [-0.25, -0.2) is 9.48 Å². The Hall–Kier alpha value is -2.59. The highest BCUT2D eigenvalue weighted by Gasteiger charge is 2.19.